The highest BCUT2D eigenvalue weighted by atomic mass is 15.1. The van der Waals surface area contributed by atoms with E-state index in [9.17, 15) is 0 Å². The van der Waals surface area contributed by atoms with Crippen molar-refractivity contribution in [2.75, 3.05) is 19.0 Å². The quantitative estimate of drug-likeness (QED) is 0.799. The van der Waals surface area contributed by atoms with Gasteiger partial charge < -0.3 is 4.90 Å². The summed E-state index contributed by atoms with van der Waals surface area (Å²) in [5.41, 5.74) is 7.40. The number of hydrogen-bond acceptors (Lipinski definition) is 2. The summed E-state index contributed by atoms with van der Waals surface area (Å²) in [7, 11) is 4.07. The first-order valence-electron chi connectivity index (χ1n) is 7.89. The molecule has 2 nitrogen and oxygen atoms in total. The van der Waals surface area contributed by atoms with Crippen LogP contribution in [-0.4, -0.2) is 19.8 Å². The van der Waals surface area contributed by atoms with Crippen LogP contribution in [0.1, 0.15) is 30.0 Å². The summed E-state index contributed by atoms with van der Waals surface area (Å²) in [5, 5.41) is 8.70. The molecule has 116 valence electrons. The molecule has 0 spiro atoms. The van der Waals surface area contributed by atoms with Crippen LogP contribution in [0.4, 0.5) is 5.69 Å². The van der Waals surface area contributed by atoms with E-state index in [2.05, 4.69) is 42.2 Å². The van der Waals surface area contributed by atoms with Gasteiger partial charge in [-0.2, -0.15) is 0 Å². The minimum absolute atomic E-state index is 0.578. The van der Waals surface area contributed by atoms with Gasteiger partial charge in [-0.05, 0) is 36.6 Å². The summed E-state index contributed by atoms with van der Waals surface area (Å²) in [6.07, 6.45) is 5.42. The van der Waals surface area contributed by atoms with Crippen LogP contribution >= 0.6 is 0 Å². The zero-order chi connectivity index (χ0) is 16.4. The molecule has 2 heteroatoms. The third-order valence-corrected chi connectivity index (χ3v) is 4.24. The summed E-state index contributed by atoms with van der Waals surface area (Å²) in [6, 6.07) is 16.4. The Kier molecular flexibility index (Phi) is 4.16. The third-order valence-electron chi connectivity index (χ3n) is 4.24. The Labute approximate surface area is 138 Å². The van der Waals surface area contributed by atoms with Gasteiger partial charge in [-0.25, -0.2) is 0 Å². The van der Waals surface area contributed by atoms with Gasteiger partial charge >= 0.3 is 0 Å². The number of hydrogen-bond donors (Lipinski definition) is 1. The van der Waals surface area contributed by atoms with Gasteiger partial charge in [0.05, 0.1) is 5.71 Å². The van der Waals surface area contributed by atoms with E-state index >= 15 is 0 Å². The van der Waals surface area contributed by atoms with Gasteiger partial charge in [-0.15, -0.1) is 0 Å². The van der Waals surface area contributed by atoms with Crippen LogP contribution in [0.25, 0.3) is 5.57 Å². The Hall–Kier alpha value is -2.61. The summed E-state index contributed by atoms with van der Waals surface area (Å²) in [5.74, 6) is 0. The second-order valence-electron chi connectivity index (χ2n) is 6.19. The van der Waals surface area contributed by atoms with E-state index in [1.165, 1.54) is 11.1 Å². The number of rotatable bonds is 4. The smallest absolute Gasteiger partial charge is 0.0691 e. The normalized spacial score (nSPS) is 13.5. The van der Waals surface area contributed by atoms with Crippen LogP contribution in [0.5, 0.6) is 0 Å². The lowest BCUT2D eigenvalue weighted by Crippen LogP contribution is -2.12. The fourth-order valence-corrected chi connectivity index (χ4v) is 2.91. The molecule has 0 amide bonds. The molecule has 1 aliphatic carbocycles. The standard InChI is InChI=1S/C21H22N2/c1-15-9-10-17(13-15)19-12-11-18(23(2)3)14-20(19)21(22)16-7-5-4-6-8-16/h4-9,11-14,22H,10H2,1-3H3. The minimum atomic E-state index is 0.578. The fourth-order valence-electron chi connectivity index (χ4n) is 2.91. The first kappa shape index (κ1) is 15.3. The van der Waals surface area contributed by atoms with Gasteiger partial charge in [0.25, 0.3) is 0 Å². The van der Waals surface area contributed by atoms with Crippen molar-refractivity contribution in [1.29, 1.82) is 5.41 Å². The molecule has 0 fully saturated rings. The highest BCUT2D eigenvalue weighted by Gasteiger charge is 2.16. The van der Waals surface area contributed by atoms with Crippen LogP contribution < -0.4 is 4.90 Å². The van der Waals surface area contributed by atoms with Crippen molar-refractivity contribution < 1.29 is 0 Å². The second kappa shape index (κ2) is 6.25. The highest BCUT2D eigenvalue weighted by molar-refractivity contribution is 6.14. The molecule has 3 rings (SSSR count). The van der Waals surface area contributed by atoms with Gasteiger partial charge in [-0.3, -0.25) is 5.41 Å². The molecule has 0 aromatic heterocycles. The molecule has 2 aromatic carbocycles. The lowest BCUT2D eigenvalue weighted by atomic mass is 9.92. The molecule has 0 bridgehead atoms. The monoisotopic (exact) mass is 302 g/mol. The van der Waals surface area contributed by atoms with Crippen LogP contribution in [0, 0.1) is 5.41 Å². The SMILES string of the molecule is CC1=CCC(c2ccc(N(C)C)cc2C(=N)c2ccccc2)=C1. The maximum atomic E-state index is 8.70. The van der Waals surface area contributed by atoms with Crippen LogP contribution in [-0.2, 0) is 0 Å². The first-order chi connectivity index (χ1) is 11.1. The first-order valence-corrected chi connectivity index (χ1v) is 7.89. The number of benzene rings is 2. The third kappa shape index (κ3) is 3.11. The molecule has 0 heterocycles. The Bertz CT molecular complexity index is 796. The zero-order valence-electron chi connectivity index (χ0n) is 13.9. The summed E-state index contributed by atoms with van der Waals surface area (Å²) in [4.78, 5) is 2.08. The second-order valence-corrected chi connectivity index (χ2v) is 6.19. The molecule has 0 unspecified atom stereocenters. The molecule has 0 saturated carbocycles. The topological polar surface area (TPSA) is 27.1 Å². The zero-order valence-corrected chi connectivity index (χ0v) is 13.9. The van der Waals surface area contributed by atoms with E-state index < -0.39 is 0 Å². The van der Waals surface area contributed by atoms with Crippen molar-refractivity contribution >= 4 is 17.0 Å². The van der Waals surface area contributed by atoms with Crippen LogP contribution in [0.15, 0.2) is 66.3 Å². The van der Waals surface area contributed by atoms with Crippen molar-refractivity contribution in [3.8, 4) is 0 Å². The average molecular weight is 302 g/mol. The predicted molar refractivity (Wildman–Crippen MR) is 99.5 cm³/mol. The molecular formula is C21H22N2. The van der Waals surface area contributed by atoms with E-state index in [0.29, 0.717) is 5.71 Å². The van der Waals surface area contributed by atoms with E-state index in [1.54, 1.807) is 0 Å². The van der Waals surface area contributed by atoms with E-state index in [-0.39, 0.29) is 0 Å². The summed E-state index contributed by atoms with van der Waals surface area (Å²) < 4.78 is 0. The van der Waals surface area contributed by atoms with Crippen molar-refractivity contribution in [2.24, 2.45) is 0 Å². The number of nitrogens with one attached hydrogen (secondary N) is 1. The molecular weight excluding hydrogens is 280 g/mol. The lowest BCUT2D eigenvalue weighted by molar-refractivity contribution is 1.13. The molecule has 0 saturated heterocycles. The van der Waals surface area contributed by atoms with Gasteiger partial charge in [0, 0.05) is 30.9 Å². The predicted octanol–water partition coefficient (Wildman–Crippen LogP) is 4.90. The summed E-state index contributed by atoms with van der Waals surface area (Å²) in [6.45, 7) is 2.13. The van der Waals surface area contributed by atoms with Gasteiger partial charge in [-0.1, -0.05) is 54.1 Å². The van der Waals surface area contributed by atoms with Crippen LogP contribution in [0.3, 0.4) is 0 Å². The van der Waals surface area contributed by atoms with Crippen molar-refractivity contribution in [3.05, 3.63) is 82.9 Å². The lowest BCUT2D eigenvalue weighted by Gasteiger charge is -2.18. The molecule has 0 aliphatic heterocycles. The van der Waals surface area contributed by atoms with Gasteiger partial charge in [0.1, 0.15) is 0 Å². The number of anilines is 1. The van der Waals surface area contributed by atoms with E-state index in [4.69, 9.17) is 5.41 Å². The molecule has 0 radical (unpaired) electrons. The minimum Gasteiger partial charge on any atom is -0.378 e. The maximum Gasteiger partial charge on any atom is 0.0691 e. The molecule has 2 aromatic rings. The molecule has 1 N–H and O–H groups in total. The Morgan fingerprint density at radius 2 is 1.78 bits per heavy atom. The van der Waals surface area contributed by atoms with Crippen molar-refractivity contribution in [2.45, 2.75) is 13.3 Å². The number of nitrogens with zero attached hydrogens (tertiary/aromatic N) is 1. The Morgan fingerprint density at radius 1 is 1.04 bits per heavy atom. The van der Waals surface area contributed by atoms with Crippen molar-refractivity contribution in [1.82, 2.24) is 0 Å². The Morgan fingerprint density at radius 3 is 2.39 bits per heavy atom. The molecule has 1 aliphatic rings. The summed E-state index contributed by atoms with van der Waals surface area (Å²) >= 11 is 0. The molecule has 23 heavy (non-hydrogen) atoms. The fraction of sp³-hybridized carbons (Fsp3) is 0.190. The largest absolute Gasteiger partial charge is 0.378 e. The molecule has 0 atom stereocenters. The average Bonchev–Trinajstić information content (AvgIpc) is 3.00. The van der Waals surface area contributed by atoms with Crippen LogP contribution in [0.2, 0.25) is 0 Å². The van der Waals surface area contributed by atoms with Gasteiger partial charge in [0.2, 0.25) is 0 Å². The Balaban J connectivity index is 2.10. The van der Waals surface area contributed by atoms with Crippen molar-refractivity contribution in [3.63, 3.8) is 0 Å². The van der Waals surface area contributed by atoms with E-state index in [0.717, 1.165) is 28.8 Å². The maximum absolute atomic E-state index is 8.70. The van der Waals surface area contributed by atoms with Gasteiger partial charge in [0.15, 0.2) is 0 Å². The highest BCUT2D eigenvalue weighted by Crippen LogP contribution is 2.32. The number of allylic oxidation sites excluding steroid dienone is 4. The van der Waals surface area contributed by atoms with E-state index in [1.807, 2.05) is 44.4 Å².